The lowest BCUT2D eigenvalue weighted by molar-refractivity contribution is -0.180. The molecule has 0 radical (unpaired) electrons. The SMILES string of the molecule is COC(=O)C1OC2(CCCC2)OC1c1ccccc1C. The Labute approximate surface area is 119 Å². The first-order chi connectivity index (χ1) is 9.65. The van der Waals surface area contributed by atoms with Crippen molar-refractivity contribution >= 4 is 5.97 Å². The number of esters is 1. The molecule has 1 aromatic carbocycles. The van der Waals surface area contributed by atoms with Gasteiger partial charge in [-0.2, -0.15) is 0 Å². The average Bonchev–Trinajstić information content (AvgIpc) is 3.07. The third-order valence-corrected chi connectivity index (χ3v) is 4.25. The summed E-state index contributed by atoms with van der Waals surface area (Å²) >= 11 is 0. The highest BCUT2D eigenvalue weighted by molar-refractivity contribution is 5.76. The molecule has 0 N–H and O–H groups in total. The number of carbonyl (C=O) groups is 1. The highest BCUT2D eigenvalue weighted by Crippen LogP contribution is 2.47. The Kier molecular flexibility index (Phi) is 3.52. The second kappa shape index (κ2) is 5.19. The highest BCUT2D eigenvalue weighted by Gasteiger charge is 2.52. The first-order valence-electron chi connectivity index (χ1n) is 7.14. The largest absolute Gasteiger partial charge is 0.467 e. The summed E-state index contributed by atoms with van der Waals surface area (Å²) in [6.45, 7) is 2.02. The van der Waals surface area contributed by atoms with E-state index in [-0.39, 0.29) is 12.1 Å². The van der Waals surface area contributed by atoms with E-state index in [2.05, 4.69) is 0 Å². The van der Waals surface area contributed by atoms with E-state index < -0.39 is 11.9 Å². The maximum absolute atomic E-state index is 12.0. The molecule has 4 heteroatoms. The molecule has 20 heavy (non-hydrogen) atoms. The smallest absolute Gasteiger partial charge is 0.338 e. The number of aryl methyl sites for hydroxylation is 1. The molecule has 2 fully saturated rings. The van der Waals surface area contributed by atoms with Gasteiger partial charge in [0.1, 0.15) is 6.10 Å². The van der Waals surface area contributed by atoms with Crippen LogP contribution in [0.1, 0.15) is 42.9 Å². The summed E-state index contributed by atoms with van der Waals surface area (Å²) in [5.41, 5.74) is 2.11. The number of hydrogen-bond acceptors (Lipinski definition) is 4. The number of carbonyl (C=O) groups excluding carboxylic acids is 1. The van der Waals surface area contributed by atoms with Gasteiger partial charge >= 0.3 is 5.97 Å². The van der Waals surface area contributed by atoms with Gasteiger partial charge in [-0.15, -0.1) is 0 Å². The van der Waals surface area contributed by atoms with Crippen LogP contribution in [0.2, 0.25) is 0 Å². The van der Waals surface area contributed by atoms with Gasteiger partial charge in [0, 0.05) is 12.8 Å². The van der Waals surface area contributed by atoms with Gasteiger partial charge in [-0.25, -0.2) is 4.79 Å². The van der Waals surface area contributed by atoms with Crippen molar-refractivity contribution in [1.82, 2.24) is 0 Å². The van der Waals surface area contributed by atoms with Crippen LogP contribution in [0.5, 0.6) is 0 Å². The van der Waals surface area contributed by atoms with Crippen molar-refractivity contribution < 1.29 is 19.0 Å². The molecular formula is C16H20O4. The minimum atomic E-state index is -0.667. The molecule has 1 aliphatic heterocycles. The predicted molar refractivity (Wildman–Crippen MR) is 73.1 cm³/mol. The standard InChI is InChI=1S/C16H20O4/c1-11-7-3-4-8-12(11)13-14(15(17)18-2)20-16(19-13)9-5-6-10-16/h3-4,7-8,13-14H,5-6,9-10H2,1-2H3. The number of hydrogen-bond donors (Lipinski definition) is 0. The van der Waals surface area contributed by atoms with Gasteiger partial charge in [-0.3, -0.25) is 0 Å². The first-order valence-corrected chi connectivity index (χ1v) is 7.14. The normalized spacial score (nSPS) is 27.9. The molecule has 2 atom stereocenters. The van der Waals surface area contributed by atoms with E-state index in [4.69, 9.17) is 14.2 Å². The van der Waals surface area contributed by atoms with E-state index in [0.717, 1.165) is 36.8 Å². The topological polar surface area (TPSA) is 44.8 Å². The van der Waals surface area contributed by atoms with Crippen molar-refractivity contribution in [3.05, 3.63) is 35.4 Å². The van der Waals surface area contributed by atoms with Crippen molar-refractivity contribution in [3.8, 4) is 0 Å². The van der Waals surface area contributed by atoms with Gasteiger partial charge in [-0.05, 0) is 30.9 Å². The number of benzene rings is 1. The van der Waals surface area contributed by atoms with Crippen molar-refractivity contribution in [3.63, 3.8) is 0 Å². The molecule has 1 aromatic rings. The Morgan fingerprint density at radius 3 is 2.60 bits per heavy atom. The van der Waals surface area contributed by atoms with E-state index in [1.807, 2.05) is 31.2 Å². The second-order valence-corrected chi connectivity index (χ2v) is 5.57. The summed E-state index contributed by atoms with van der Waals surface area (Å²) in [5.74, 6) is -0.951. The van der Waals surface area contributed by atoms with E-state index in [1.165, 1.54) is 7.11 Å². The monoisotopic (exact) mass is 276 g/mol. The van der Waals surface area contributed by atoms with E-state index in [1.54, 1.807) is 0 Å². The Bertz CT molecular complexity index is 505. The van der Waals surface area contributed by atoms with Gasteiger partial charge in [-0.1, -0.05) is 24.3 Å². The van der Waals surface area contributed by atoms with Crippen molar-refractivity contribution in [2.45, 2.75) is 50.6 Å². The molecule has 0 bridgehead atoms. The fourth-order valence-electron chi connectivity index (χ4n) is 3.18. The minimum absolute atomic E-state index is 0.359. The summed E-state index contributed by atoms with van der Waals surface area (Å²) in [4.78, 5) is 12.0. The molecular weight excluding hydrogens is 256 g/mol. The van der Waals surface area contributed by atoms with Crippen molar-refractivity contribution in [1.29, 1.82) is 0 Å². The van der Waals surface area contributed by atoms with Gasteiger partial charge < -0.3 is 14.2 Å². The summed E-state index contributed by atoms with van der Waals surface area (Å²) < 4.78 is 17.1. The van der Waals surface area contributed by atoms with Crippen LogP contribution < -0.4 is 0 Å². The summed E-state index contributed by atoms with van der Waals surface area (Å²) in [5, 5.41) is 0. The van der Waals surface area contributed by atoms with E-state index in [0.29, 0.717) is 0 Å². The van der Waals surface area contributed by atoms with Gasteiger partial charge in [0.05, 0.1) is 7.11 Å². The number of methoxy groups -OCH3 is 1. The second-order valence-electron chi connectivity index (χ2n) is 5.57. The molecule has 108 valence electrons. The van der Waals surface area contributed by atoms with Crippen LogP contribution >= 0.6 is 0 Å². The third-order valence-electron chi connectivity index (χ3n) is 4.25. The first kappa shape index (κ1) is 13.6. The van der Waals surface area contributed by atoms with Crippen LogP contribution in [0.3, 0.4) is 0 Å². The maximum atomic E-state index is 12.0. The predicted octanol–water partition coefficient (Wildman–Crippen LogP) is 2.89. The zero-order chi connectivity index (χ0) is 14.2. The van der Waals surface area contributed by atoms with Crippen molar-refractivity contribution in [2.75, 3.05) is 7.11 Å². The van der Waals surface area contributed by atoms with Crippen LogP contribution in [-0.4, -0.2) is 25.0 Å². The van der Waals surface area contributed by atoms with Crippen LogP contribution in [0.25, 0.3) is 0 Å². The molecule has 2 aliphatic rings. The molecule has 4 nitrogen and oxygen atoms in total. The summed E-state index contributed by atoms with van der Waals surface area (Å²) in [6, 6.07) is 7.95. The van der Waals surface area contributed by atoms with Gasteiger partial charge in [0.15, 0.2) is 11.9 Å². The van der Waals surface area contributed by atoms with E-state index in [9.17, 15) is 4.79 Å². The number of ether oxygens (including phenoxy) is 3. The fraction of sp³-hybridized carbons (Fsp3) is 0.562. The number of rotatable bonds is 2. The third kappa shape index (κ3) is 2.23. The van der Waals surface area contributed by atoms with Crippen LogP contribution in [0.15, 0.2) is 24.3 Å². The molecule has 3 rings (SSSR count). The lowest BCUT2D eigenvalue weighted by Gasteiger charge is -2.22. The maximum Gasteiger partial charge on any atom is 0.338 e. The zero-order valence-corrected chi connectivity index (χ0v) is 11.9. The Morgan fingerprint density at radius 1 is 1.25 bits per heavy atom. The molecule has 0 amide bonds. The molecule has 1 aliphatic carbocycles. The molecule has 0 aromatic heterocycles. The highest BCUT2D eigenvalue weighted by atomic mass is 16.8. The van der Waals surface area contributed by atoms with Gasteiger partial charge in [0.2, 0.25) is 0 Å². The van der Waals surface area contributed by atoms with E-state index >= 15 is 0 Å². The Balaban J connectivity index is 1.94. The molecule has 2 unspecified atom stereocenters. The van der Waals surface area contributed by atoms with Crippen molar-refractivity contribution in [2.24, 2.45) is 0 Å². The quantitative estimate of drug-likeness (QED) is 0.779. The summed E-state index contributed by atoms with van der Waals surface area (Å²) in [6.07, 6.45) is 2.81. The summed E-state index contributed by atoms with van der Waals surface area (Å²) in [7, 11) is 1.39. The Hall–Kier alpha value is -1.39. The minimum Gasteiger partial charge on any atom is -0.467 e. The molecule has 1 spiro atoms. The lowest BCUT2D eigenvalue weighted by Crippen LogP contribution is -2.30. The lowest BCUT2D eigenvalue weighted by atomic mass is 10.00. The van der Waals surface area contributed by atoms with Gasteiger partial charge in [0.25, 0.3) is 0 Å². The van der Waals surface area contributed by atoms with Crippen LogP contribution in [-0.2, 0) is 19.0 Å². The molecule has 1 saturated carbocycles. The Morgan fingerprint density at radius 2 is 1.95 bits per heavy atom. The zero-order valence-electron chi connectivity index (χ0n) is 11.9. The molecule has 1 saturated heterocycles. The average molecular weight is 276 g/mol. The fourth-order valence-corrected chi connectivity index (χ4v) is 3.18. The van der Waals surface area contributed by atoms with Crippen LogP contribution in [0.4, 0.5) is 0 Å². The molecule has 1 heterocycles. The van der Waals surface area contributed by atoms with Crippen LogP contribution in [0, 0.1) is 6.92 Å².